The van der Waals surface area contributed by atoms with E-state index in [2.05, 4.69) is 32.3 Å². The van der Waals surface area contributed by atoms with E-state index in [9.17, 15) is 4.39 Å². The molecule has 0 unspecified atom stereocenters. The number of hydrogen-bond donors (Lipinski definition) is 1. The van der Waals surface area contributed by atoms with E-state index in [-0.39, 0.29) is 12.0 Å². The first kappa shape index (κ1) is 20.6. The summed E-state index contributed by atoms with van der Waals surface area (Å²) in [6.45, 7) is 3.86. The lowest BCUT2D eigenvalue weighted by molar-refractivity contribution is 0.396. The molecule has 1 fully saturated rings. The smallest absolute Gasteiger partial charge is 0.238 e. The van der Waals surface area contributed by atoms with Crippen LogP contribution in [-0.2, 0) is 12.0 Å². The zero-order valence-corrected chi connectivity index (χ0v) is 19.0. The molecule has 1 N–H and O–H groups in total. The number of nitrogens with zero attached hydrogens (tertiary/aromatic N) is 6. The lowest BCUT2D eigenvalue weighted by Crippen LogP contribution is -2.08. The van der Waals surface area contributed by atoms with Crippen molar-refractivity contribution < 1.29 is 9.13 Å². The topological polar surface area (TPSA) is 82.7 Å². The quantitative estimate of drug-likeness (QED) is 0.418. The lowest BCUT2D eigenvalue weighted by Gasteiger charge is -2.09. The number of anilines is 2. The zero-order chi connectivity index (χ0) is 22.3. The van der Waals surface area contributed by atoms with E-state index >= 15 is 0 Å². The molecule has 0 saturated heterocycles. The summed E-state index contributed by atoms with van der Waals surface area (Å²) < 4.78 is 22.1. The number of thiazole rings is 1. The van der Waals surface area contributed by atoms with Crippen LogP contribution in [0.2, 0.25) is 0 Å². The molecule has 0 aliphatic heterocycles. The highest BCUT2D eigenvalue weighted by Crippen LogP contribution is 2.47. The number of rotatable bonds is 8. The first-order chi connectivity index (χ1) is 15.5. The molecule has 0 bridgehead atoms. The van der Waals surface area contributed by atoms with Gasteiger partial charge in [0.1, 0.15) is 23.9 Å². The van der Waals surface area contributed by atoms with Gasteiger partial charge in [-0.1, -0.05) is 6.92 Å². The summed E-state index contributed by atoms with van der Waals surface area (Å²) in [5.74, 6) is 1.24. The maximum Gasteiger partial charge on any atom is 0.238 e. The molecule has 0 atom stereocenters. The molecule has 5 rings (SSSR count). The van der Waals surface area contributed by atoms with Crippen molar-refractivity contribution in [2.24, 2.45) is 0 Å². The number of methoxy groups -OCH3 is 1. The monoisotopic (exact) mass is 453 g/mol. The van der Waals surface area contributed by atoms with Gasteiger partial charge in [-0.25, -0.2) is 24.0 Å². The molecule has 4 aromatic rings. The number of hydrogen-bond acceptors (Lipinski definition) is 7. The molecule has 10 heteroatoms. The number of pyridine rings is 1. The summed E-state index contributed by atoms with van der Waals surface area (Å²) in [6, 6.07) is 5.85. The Labute approximate surface area is 189 Å². The molecule has 32 heavy (non-hydrogen) atoms. The number of aromatic nitrogens is 6. The molecule has 0 radical (unpaired) electrons. The molecular formula is C22H24FN7OS. The molecule has 1 aliphatic carbocycles. The Morgan fingerprint density at radius 2 is 2.09 bits per heavy atom. The van der Waals surface area contributed by atoms with E-state index in [1.165, 1.54) is 11.3 Å². The average Bonchev–Trinajstić information content (AvgIpc) is 3.17. The number of nitrogens with one attached hydrogen (secondary N) is 1. The van der Waals surface area contributed by atoms with Crippen LogP contribution in [0.25, 0.3) is 17.1 Å². The van der Waals surface area contributed by atoms with Crippen LogP contribution < -0.4 is 10.1 Å². The summed E-state index contributed by atoms with van der Waals surface area (Å²) >= 11 is 1.46. The van der Waals surface area contributed by atoms with Gasteiger partial charge in [-0.05, 0) is 31.9 Å². The predicted molar refractivity (Wildman–Crippen MR) is 122 cm³/mol. The van der Waals surface area contributed by atoms with Crippen molar-refractivity contribution in [1.29, 1.82) is 0 Å². The first-order valence-corrected chi connectivity index (χ1v) is 11.3. The third-order valence-electron chi connectivity index (χ3n) is 5.72. The number of aryl methyl sites for hydroxylation is 2. The van der Waals surface area contributed by atoms with Gasteiger partial charge in [0.15, 0.2) is 5.13 Å². The van der Waals surface area contributed by atoms with Gasteiger partial charge in [0, 0.05) is 23.1 Å². The SMILES string of the molecule is COc1nc(-c2csc(Nc3cc(C4(C)CC4)nn3CCF)n2)ccc1-n1cnc(C)c1. The van der Waals surface area contributed by atoms with Gasteiger partial charge in [-0.3, -0.25) is 0 Å². The van der Waals surface area contributed by atoms with Crippen molar-refractivity contribution in [3.05, 3.63) is 47.5 Å². The highest BCUT2D eigenvalue weighted by atomic mass is 32.1. The van der Waals surface area contributed by atoms with Crippen LogP contribution in [0.3, 0.4) is 0 Å². The van der Waals surface area contributed by atoms with Crippen LogP contribution in [0.5, 0.6) is 5.88 Å². The van der Waals surface area contributed by atoms with E-state index in [1.54, 1.807) is 18.1 Å². The van der Waals surface area contributed by atoms with Crippen molar-refractivity contribution in [3.63, 3.8) is 0 Å². The number of ether oxygens (including phenoxy) is 1. The Hall–Kier alpha value is -3.27. The molecule has 1 saturated carbocycles. The molecular weight excluding hydrogens is 429 g/mol. The number of alkyl halides is 1. The average molecular weight is 454 g/mol. The Balaban J connectivity index is 1.40. The second kappa shape index (κ2) is 8.01. The predicted octanol–water partition coefficient (Wildman–Crippen LogP) is 4.67. The minimum atomic E-state index is -0.470. The van der Waals surface area contributed by atoms with Gasteiger partial charge in [0.25, 0.3) is 0 Å². The van der Waals surface area contributed by atoms with Crippen LogP contribution in [0, 0.1) is 6.92 Å². The molecule has 8 nitrogen and oxygen atoms in total. The van der Waals surface area contributed by atoms with Crippen LogP contribution in [-0.4, -0.2) is 43.1 Å². The summed E-state index contributed by atoms with van der Waals surface area (Å²) in [4.78, 5) is 13.6. The first-order valence-electron chi connectivity index (χ1n) is 10.4. The molecule has 0 spiro atoms. The Morgan fingerprint density at radius 3 is 2.78 bits per heavy atom. The van der Waals surface area contributed by atoms with Gasteiger partial charge in [0.05, 0.1) is 37.1 Å². The normalized spacial score (nSPS) is 14.5. The lowest BCUT2D eigenvalue weighted by atomic mass is 10.1. The molecule has 1 aliphatic rings. The fraction of sp³-hybridized carbons (Fsp3) is 0.364. The van der Waals surface area contributed by atoms with Crippen molar-refractivity contribution >= 4 is 22.3 Å². The zero-order valence-electron chi connectivity index (χ0n) is 18.2. The highest BCUT2D eigenvalue weighted by Gasteiger charge is 2.41. The fourth-order valence-electron chi connectivity index (χ4n) is 3.54. The van der Waals surface area contributed by atoms with Gasteiger partial charge in [-0.2, -0.15) is 5.10 Å². The Kier molecular flexibility index (Phi) is 5.16. The molecule has 4 aromatic heterocycles. The minimum absolute atomic E-state index is 0.113. The molecule has 166 valence electrons. The summed E-state index contributed by atoms with van der Waals surface area (Å²) in [5.41, 5.74) is 4.27. The minimum Gasteiger partial charge on any atom is -0.479 e. The van der Waals surface area contributed by atoms with Crippen molar-refractivity contribution in [2.45, 2.75) is 38.6 Å². The number of imidazole rings is 1. The molecule has 4 heterocycles. The second-order valence-corrected chi connectivity index (χ2v) is 9.06. The van der Waals surface area contributed by atoms with E-state index in [1.807, 2.05) is 41.3 Å². The van der Waals surface area contributed by atoms with Gasteiger partial charge < -0.3 is 14.6 Å². The largest absolute Gasteiger partial charge is 0.479 e. The van der Waals surface area contributed by atoms with Gasteiger partial charge >= 0.3 is 0 Å². The fourth-order valence-corrected chi connectivity index (χ4v) is 4.25. The molecule has 0 aromatic carbocycles. The van der Waals surface area contributed by atoms with E-state index < -0.39 is 6.67 Å². The Bertz CT molecular complexity index is 1260. The summed E-state index contributed by atoms with van der Waals surface area (Å²) in [6.07, 6.45) is 5.88. The Morgan fingerprint density at radius 1 is 1.25 bits per heavy atom. The molecule has 0 amide bonds. The maximum atomic E-state index is 13.0. The van der Waals surface area contributed by atoms with E-state index in [0.717, 1.165) is 41.4 Å². The van der Waals surface area contributed by atoms with Crippen LogP contribution in [0.15, 0.2) is 36.1 Å². The van der Waals surface area contributed by atoms with E-state index in [0.29, 0.717) is 16.7 Å². The van der Waals surface area contributed by atoms with Crippen molar-refractivity contribution in [2.75, 3.05) is 19.1 Å². The van der Waals surface area contributed by atoms with Crippen LogP contribution in [0.1, 0.15) is 31.2 Å². The van der Waals surface area contributed by atoms with Gasteiger partial charge in [-0.15, -0.1) is 11.3 Å². The maximum absolute atomic E-state index is 13.0. The standard InChI is InChI=1S/C22H24FN7OS/c1-14-11-29(13-24-14)17-5-4-15(25-20(17)31-3)16-12-32-21(26-16)27-19-10-18(22(2)6-7-22)28-30(19)9-8-23/h4-5,10-13H,6-9H2,1-3H3,(H,26,27). The number of halogens is 1. The van der Waals surface area contributed by atoms with E-state index in [4.69, 9.17) is 4.74 Å². The van der Waals surface area contributed by atoms with Gasteiger partial charge in [0.2, 0.25) is 5.88 Å². The van der Waals surface area contributed by atoms with Crippen LogP contribution >= 0.6 is 11.3 Å². The summed E-state index contributed by atoms with van der Waals surface area (Å²) in [5, 5.41) is 10.6. The van der Waals surface area contributed by atoms with Crippen molar-refractivity contribution in [3.8, 4) is 23.0 Å². The van der Waals surface area contributed by atoms with Crippen LogP contribution in [0.4, 0.5) is 15.3 Å². The third-order valence-corrected chi connectivity index (χ3v) is 6.48. The third kappa shape index (κ3) is 3.86. The summed E-state index contributed by atoms with van der Waals surface area (Å²) in [7, 11) is 1.59. The van der Waals surface area contributed by atoms with Crippen molar-refractivity contribution in [1.82, 2.24) is 29.3 Å². The second-order valence-electron chi connectivity index (χ2n) is 8.20. The highest BCUT2D eigenvalue weighted by molar-refractivity contribution is 7.14.